The predicted octanol–water partition coefficient (Wildman–Crippen LogP) is 3.12. The number of rotatable bonds is 5. The Morgan fingerprint density at radius 1 is 1.09 bits per heavy atom. The minimum Gasteiger partial charge on any atom is -0.308 e. The molecule has 3 rings (SSSR count). The summed E-state index contributed by atoms with van der Waals surface area (Å²) in [4.78, 5) is 17.7. The van der Waals surface area contributed by atoms with Crippen molar-refractivity contribution in [2.75, 3.05) is 6.54 Å². The number of aromatic nitrogens is 2. The molecule has 1 heterocycles. The van der Waals surface area contributed by atoms with Crippen LogP contribution in [-0.2, 0) is 6.54 Å². The SMILES string of the molecule is CCN[C@H](C)c1nc2ccccc2c(=O)n1Cc1ccccc1. The number of benzene rings is 2. The fourth-order valence-electron chi connectivity index (χ4n) is 2.83. The molecule has 3 aromatic rings. The molecule has 1 N–H and O–H groups in total. The van der Waals surface area contributed by atoms with Crippen LogP contribution >= 0.6 is 0 Å². The third-order valence-electron chi connectivity index (χ3n) is 3.97. The zero-order chi connectivity index (χ0) is 16.2. The average Bonchev–Trinajstić information content (AvgIpc) is 2.58. The molecule has 0 saturated heterocycles. The molecule has 0 amide bonds. The van der Waals surface area contributed by atoms with E-state index in [0.29, 0.717) is 11.9 Å². The quantitative estimate of drug-likeness (QED) is 0.788. The molecule has 4 heteroatoms. The second-order valence-electron chi connectivity index (χ2n) is 5.64. The largest absolute Gasteiger partial charge is 0.308 e. The molecule has 0 spiro atoms. The minimum absolute atomic E-state index is 0.0132. The van der Waals surface area contributed by atoms with Crippen molar-refractivity contribution in [2.24, 2.45) is 0 Å². The molecular formula is C19H21N3O. The third-order valence-corrected chi connectivity index (χ3v) is 3.97. The van der Waals surface area contributed by atoms with Crippen molar-refractivity contribution >= 4 is 10.9 Å². The second kappa shape index (κ2) is 6.75. The van der Waals surface area contributed by atoms with Gasteiger partial charge in [-0.2, -0.15) is 0 Å². The van der Waals surface area contributed by atoms with Crippen molar-refractivity contribution in [3.05, 3.63) is 76.3 Å². The number of hydrogen-bond donors (Lipinski definition) is 1. The van der Waals surface area contributed by atoms with Gasteiger partial charge in [0.1, 0.15) is 5.82 Å². The molecule has 0 saturated carbocycles. The van der Waals surface area contributed by atoms with Gasteiger partial charge in [-0.1, -0.05) is 49.4 Å². The summed E-state index contributed by atoms with van der Waals surface area (Å²) in [7, 11) is 0. The average molecular weight is 307 g/mol. The molecule has 1 aromatic heterocycles. The van der Waals surface area contributed by atoms with E-state index < -0.39 is 0 Å². The summed E-state index contributed by atoms with van der Waals surface area (Å²) in [6.45, 7) is 5.45. The van der Waals surface area contributed by atoms with Gasteiger partial charge in [-0.3, -0.25) is 9.36 Å². The molecule has 0 aliphatic heterocycles. The highest BCUT2D eigenvalue weighted by atomic mass is 16.1. The summed E-state index contributed by atoms with van der Waals surface area (Å²) in [5.41, 5.74) is 1.86. The van der Waals surface area contributed by atoms with Crippen molar-refractivity contribution in [1.29, 1.82) is 0 Å². The highest BCUT2D eigenvalue weighted by molar-refractivity contribution is 5.77. The van der Waals surface area contributed by atoms with Gasteiger partial charge in [0.05, 0.1) is 23.5 Å². The zero-order valence-corrected chi connectivity index (χ0v) is 13.5. The zero-order valence-electron chi connectivity index (χ0n) is 13.5. The molecule has 0 aliphatic rings. The second-order valence-corrected chi connectivity index (χ2v) is 5.64. The van der Waals surface area contributed by atoms with E-state index in [-0.39, 0.29) is 11.6 Å². The molecule has 118 valence electrons. The number of hydrogen-bond acceptors (Lipinski definition) is 3. The Kier molecular flexibility index (Phi) is 4.53. The van der Waals surface area contributed by atoms with Crippen LogP contribution in [0.1, 0.15) is 31.3 Å². The van der Waals surface area contributed by atoms with E-state index in [1.807, 2.05) is 61.5 Å². The van der Waals surface area contributed by atoms with Crippen LogP contribution in [0.3, 0.4) is 0 Å². The number of fused-ring (bicyclic) bond motifs is 1. The minimum atomic E-state index is 0.0132. The van der Waals surface area contributed by atoms with Crippen LogP contribution in [0.2, 0.25) is 0 Å². The predicted molar refractivity (Wildman–Crippen MR) is 93.6 cm³/mol. The maximum absolute atomic E-state index is 13.0. The molecule has 0 aliphatic carbocycles. The first-order valence-electron chi connectivity index (χ1n) is 7.97. The molecule has 0 fully saturated rings. The van der Waals surface area contributed by atoms with E-state index >= 15 is 0 Å². The summed E-state index contributed by atoms with van der Waals surface area (Å²) >= 11 is 0. The van der Waals surface area contributed by atoms with E-state index in [4.69, 9.17) is 4.98 Å². The molecule has 0 bridgehead atoms. The number of para-hydroxylation sites is 1. The number of nitrogens with zero attached hydrogens (tertiary/aromatic N) is 2. The fourth-order valence-corrected chi connectivity index (χ4v) is 2.83. The lowest BCUT2D eigenvalue weighted by atomic mass is 10.2. The van der Waals surface area contributed by atoms with Gasteiger partial charge in [-0.25, -0.2) is 4.98 Å². The van der Waals surface area contributed by atoms with Gasteiger partial charge < -0.3 is 5.32 Å². The van der Waals surface area contributed by atoms with Crippen LogP contribution in [0.15, 0.2) is 59.4 Å². The molecule has 4 nitrogen and oxygen atoms in total. The van der Waals surface area contributed by atoms with E-state index in [1.54, 1.807) is 4.57 Å². The lowest BCUT2D eigenvalue weighted by Crippen LogP contribution is -2.31. The summed E-state index contributed by atoms with van der Waals surface area (Å²) in [5, 5.41) is 4.02. The topological polar surface area (TPSA) is 46.9 Å². The van der Waals surface area contributed by atoms with E-state index in [0.717, 1.165) is 23.4 Å². The summed E-state index contributed by atoms with van der Waals surface area (Å²) in [6, 6.07) is 17.6. The van der Waals surface area contributed by atoms with Crippen LogP contribution in [0.5, 0.6) is 0 Å². The van der Waals surface area contributed by atoms with Crippen LogP contribution in [0, 0.1) is 0 Å². The highest BCUT2D eigenvalue weighted by Crippen LogP contribution is 2.15. The monoisotopic (exact) mass is 307 g/mol. The lowest BCUT2D eigenvalue weighted by Gasteiger charge is -2.19. The summed E-state index contributed by atoms with van der Waals surface area (Å²) < 4.78 is 1.78. The Hall–Kier alpha value is -2.46. The molecule has 0 unspecified atom stereocenters. The standard InChI is InChI=1S/C19H21N3O/c1-3-20-14(2)18-21-17-12-8-7-11-16(17)19(23)22(18)13-15-9-5-4-6-10-15/h4-12,14,20H,3,13H2,1-2H3/t14-/m1/s1. The maximum Gasteiger partial charge on any atom is 0.261 e. The van der Waals surface area contributed by atoms with E-state index in [1.165, 1.54) is 0 Å². The Bertz CT molecular complexity index is 855. The van der Waals surface area contributed by atoms with Crippen LogP contribution in [-0.4, -0.2) is 16.1 Å². The molecule has 0 radical (unpaired) electrons. The van der Waals surface area contributed by atoms with Gasteiger partial charge in [0, 0.05) is 0 Å². The third kappa shape index (κ3) is 3.17. The van der Waals surface area contributed by atoms with Gasteiger partial charge in [0.2, 0.25) is 0 Å². The summed E-state index contributed by atoms with van der Waals surface area (Å²) in [5.74, 6) is 0.777. The van der Waals surface area contributed by atoms with Crippen molar-refractivity contribution in [3.63, 3.8) is 0 Å². The Morgan fingerprint density at radius 3 is 2.52 bits per heavy atom. The summed E-state index contributed by atoms with van der Waals surface area (Å²) in [6.07, 6.45) is 0. The fraction of sp³-hybridized carbons (Fsp3) is 0.263. The molecular weight excluding hydrogens is 286 g/mol. The van der Waals surface area contributed by atoms with Crippen molar-refractivity contribution in [1.82, 2.24) is 14.9 Å². The number of nitrogens with one attached hydrogen (secondary N) is 1. The van der Waals surface area contributed by atoms with E-state index in [9.17, 15) is 4.79 Å². The van der Waals surface area contributed by atoms with Crippen LogP contribution < -0.4 is 10.9 Å². The Balaban J connectivity index is 2.17. The van der Waals surface area contributed by atoms with Gasteiger partial charge in [0.25, 0.3) is 5.56 Å². The van der Waals surface area contributed by atoms with Crippen molar-refractivity contribution in [3.8, 4) is 0 Å². The molecule has 23 heavy (non-hydrogen) atoms. The van der Waals surface area contributed by atoms with Gasteiger partial charge in [0.15, 0.2) is 0 Å². The van der Waals surface area contributed by atoms with Crippen LogP contribution in [0.25, 0.3) is 10.9 Å². The smallest absolute Gasteiger partial charge is 0.261 e. The van der Waals surface area contributed by atoms with Gasteiger partial charge >= 0.3 is 0 Å². The molecule has 2 aromatic carbocycles. The first-order chi connectivity index (χ1) is 11.2. The van der Waals surface area contributed by atoms with Crippen molar-refractivity contribution < 1.29 is 0 Å². The van der Waals surface area contributed by atoms with Gasteiger partial charge in [-0.05, 0) is 31.2 Å². The normalized spacial score (nSPS) is 12.4. The lowest BCUT2D eigenvalue weighted by molar-refractivity contribution is 0.524. The van der Waals surface area contributed by atoms with Crippen molar-refractivity contribution in [2.45, 2.75) is 26.4 Å². The molecule has 1 atom stereocenters. The first-order valence-corrected chi connectivity index (χ1v) is 7.97. The van der Waals surface area contributed by atoms with Gasteiger partial charge in [-0.15, -0.1) is 0 Å². The Morgan fingerprint density at radius 2 is 1.78 bits per heavy atom. The van der Waals surface area contributed by atoms with Crippen LogP contribution in [0.4, 0.5) is 0 Å². The highest BCUT2D eigenvalue weighted by Gasteiger charge is 2.16. The first kappa shape index (κ1) is 15.4. The van der Waals surface area contributed by atoms with E-state index in [2.05, 4.69) is 12.2 Å². The Labute approximate surface area is 135 Å². The maximum atomic E-state index is 13.0.